The Morgan fingerprint density at radius 1 is 1.24 bits per heavy atom. The minimum atomic E-state index is -0.960. The zero-order valence-electron chi connectivity index (χ0n) is 10.7. The van der Waals surface area contributed by atoms with Gasteiger partial charge in [-0.3, -0.25) is 14.3 Å². The molecule has 21 heavy (non-hydrogen) atoms. The average Bonchev–Trinajstić information content (AvgIpc) is 2.83. The molecular formula is C13H11Cl2N3O3. The molecule has 1 aromatic carbocycles. The van der Waals surface area contributed by atoms with E-state index in [9.17, 15) is 9.59 Å². The summed E-state index contributed by atoms with van der Waals surface area (Å²) in [6.07, 6.45) is 1.31. The van der Waals surface area contributed by atoms with Gasteiger partial charge in [-0.1, -0.05) is 23.2 Å². The van der Waals surface area contributed by atoms with Gasteiger partial charge in [-0.15, -0.1) is 0 Å². The third-order valence-electron chi connectivity index (χ3n) is 2.61. The second-order valence-corrected chi connectivity index (χ2v) is 5.07. The average molecular weight is 328 g/mol. The molecule has 0 bridgehead atoms. The maximum Gasteiger partial charge on any atom is 0.305 e. The lowest BCUT2D eigenvalue weighted by molar-refractivity contribution is -0.137. The summed E-state index contributed by atoms with van der Waals surface area (Å²) in [6.45, 7) is 0.112. The normalized spacial score (nSPS) is 10.4. The van der Waals surface area contributed by atoms with Gasteiger partial charge >= 0.3 is 5.97 Å². The van der Waals surface area contributed by atoms with Crippen molar-refractivity contribution in [3.05, 3.63) is 46.2 Å². The third-order valence-corrected chi connectivity index (χ3v) is 3.04. The van der Waals surface area contributed by atoms with E-state index in [1.54, 1.807) is 18.2 Å². The van der Waals surface area contributed by atoms with Gasteiger partial charge in [0.25, 0.3) is 5.91 Å². The van der Waals surface area contributed by atoms with Crippen LogP contribution in [0.25, 0.3) is 0 Å². The molecule has 0 radical (unpaired) electrons. The first-order chi connectivity index (χ1) is 9.95. The maximum absolute atomic E-state index is 12.2. The summed E-state index contributed by atoms with van der Waals surface area (Å²) in [5.41, 5.74) is 0.704. The fourth-order valence-electron chi connectivity index (χ4n) is 1.73. The molecule has 0 aliphatic heterocycles. The molecule has 0 fully saturated rings. The van der Waals surface area contributed by atoms with E-state index in [1.165, 1.54) is 16.9 Å². The second-order valence-electron chi connectivity index (χ2n) is 4.20. The highest BCUT2D eigenvalue weighted by Gasteiger charge is 2.13. The zero-order chi connectivity index (χ0) is 15.4. The molecule has 1 amide bonds. The molecule has 110 valence electrons. The number of hydrogen-bond donors (Lipinski definition) is 2. The number of nitrogens with zero attached hydrogens (tertiary/aromatic N) is 2. The van der Waals surface area contributed by atoms with E-state index in [4.69, 9.17) is 28.3 Å². The number of carboxylic acid groups (broad SMARTS) is 1. The molecule has 2 rings (SSSR count). The van der Waals surface area contributed by atoms with Crippen LogP contribution in [0, 0.1) is 0 Å². The Morgan fingerprint density at radius 2 is 1.90 bits per heavy atom. The topological polar surface area (TPSA) is 84.2 Å². The smallest absolute Gasteiger partial charge is 0.305 e. The number of aliphatic carboxylic acids is 1. The van der Waals surface area contributed by atoms with Gasteiger partial charge in [-0.25, -0.2) is 0 Å². The number of benzene rings is 1. The van der Waals surface area contributed by atoms with Gasteiger partial charge in [0.2, 0.25) is 0 Å². The van der Waals surface area contributed by atoms with Crippen molar-refractivity contribution in [1.29, 1.82) is 0 Å². The molecule has 0 atom stereocenters. The van der Waals surface area contributed by atoms with Crippen LogP contribution in [-0.4, -0.2) is 26.8 Å². The minimum absolute atomic E-state index is 0.112. The van der Waals surface area contributed by atoms with E-state index in [1.807, 2.05) is 0 Å². The Morgan fingerprint density at radius 3 is 2.52 bits per heavy atom. The first-order valence-corrected chi connectivity index (χ1v) is 6.72. The lowest BCUT2D eigenvalue weighted by Gasteiger charge is -2.08. The Labute approximate surface area is 130 Å². The summed E-state index contributed by atoms with van der Waals surface area (Å²) < 4.78 is 1.33. The van der Waals surface area contributed by atoms with Crippen LogP contribution in [0.3, 0.4) is 0 Å². The molecule has 2 N–H and O–H groups in total. The molecule has 2 aromatic rings. The van der Waals surface area contributed by atoms with Crippen LogP contribution in [-0.2, 0) is 11.3 Å². The molecule has 0 aliphatic carbocycles. The molecule has 0 spiro atoms. The van der Waals surface area contributed by atoms with E-state index in [-0.39, 0.29) is 18.7 Å². The van der Waals surface area contributed by atoms with Gasteiger partial charge < -0.3 is 10.4 Å². The number of anilines is 1. The monoisotopic (exact) mass is 327 g/mol. The van der Waals surface area contributed by atoms with E-state index in [0.29, 0.717) is 15.7 Å². The van der Waals surface area contributed by atoms with Crippen LogP contribution in [0.2, 0.25) is 10.0 Å². The van der Waals surface area contributed by atoms with Crippen molar-refractivity contribution in [2.75, 3.05) is 5.32 Å². The van der Waals surface area contributed by atoms with Gasteiger partial charge in [0.05, 0.1) is 13.0 Å². The van der Waals surface area contributed by atoms with Crippen molar-refractivity contribution in [3.63, 3.8) is 0 Å². The van der Waals surface area contributed by atoms with Crippen LogP contribution in [0.5, 0.6) is 0 Å². The molecule has 6 nitrogen and oxygen atoms in total. The van der Waals surface area contributed by atoms with E-state index >= 15 is 0 Å². The summed E-state index contributed by atoms with van der Waals surface area (Å²) in [7, 11) is 0. The SMILES string of the molecule is O=C(O)CCn1nccc1C(=O)Nc1cc(Cl)cc(Cl)c1. The molecule has 0 saturated heterocycles. The number of carbonyl (C=O) groups excluding carboxylic acids is 1. The Balaban J connectivity index is 2.13. The van der Waals surface area contributed by atoms with Crippen LogP contribution >= 0.6 is 23.2 Å². The molecule has 8 heteroatoms. The number of hydrogen-bond acceptors (Lipinski definition) is 3. The molecule has 1 heterocycles. The lowest BCUT2D eigenvalue weighted by atomic mass is 10.3. The van der Waals surface area contributed by atoms with Crippen molar-refractivity contribution >= 4 is 40.8 Å². The highest BCUT2D eigenvalue weighted by molar-refractivity contribution is 6.35. The minimum Gasteiger partial charge on any atom is -0.481 e. The predicted octanol–water partition coefficient (Wildman–Crippen LogP) is 2.92. The first kappa shape index (κ1) is 15.3. The van der Waals surface area contributed by atoms with Gasteiger partial charge in [0.15, 0.2) is 0 Å². The highest BCUT2D eigenvalue weighted by Crippen LogP contribution is 2.22. The number of aryl methyl sites for hydroxylation is 1. The number of halogens is 2. The second kappa shape index (κ2) is 6.60. The van der Waals surface area contributed by atoms with E-state index in [2.05, 4.69) is 10.4 Å². The van der Waals surface area contributed by atoms with Crippen molar-refractivity contribution in [3.8, 4) is 0 Å². The number of aromatic nitrogens is 2. The lowest BCUT2D eigenvalue weighted by Crippen LogP contribution is -2.19. The van der Waals surface area contributed by atoms with Crippen molar-refractivity contribution in [1.82, 2.24) is 9.78 Å². The molecule has 0 unspecified atom stereocenters. The van der Waals surface area contributed by atoms with Crippen LogP contribution in [0.1, 0.15) is 16.9 Å². The molecule has 1 aromatic heterocycles. The number of amides is 1. The van der Waals surface area contributed by atoms with Gasteiger partial charge in [-0.2, -0.15) is 5.10 Å². The summed E-state index contributed by atoms with van der Waals surface area (Å²) in [5, 5.41) is 16.0. The van der Waals surface area contributed by atoms with Crippen molar-refractivity contribution in [2.24, 2.45) is 0 Å². The standard InChI is InChI=1S/C13H11Cl2N3O3/c14-8-5-9(15)7-10(6-8)17-13(21)11-1-3-16-18(11)4-2-12(19)20/h1,3,5-7H,2,4H2,(H,17,21)(H,19,20). The van der Waals surface area contributed by atoms with Crippen LogP contribution in [0.4, 0.5) is 5.69 Å². The Bertz CT molecular complexity index is 665. The number of rotatable bonds is 5. The Kier molecular flexibility index (Phi) is 4.82. The predicted molar refractivity (Wildman–Crippen MR) is 78.9 cm³/mol. The molecule has 0 saturated carbocycles. The highest BCUT2D eigenvalue weighted by atomic mass is 35.5. The van der Waals surface area contributed by atoms with E-state index in [0.717, 1.165) is 0 Å². The number of carbonyl (C=O) groups is 2. The number of nitrogens with one attached hydrogen (secondary N) is 1. The van der Waals surface area contributed by atoms with Gasteiger partial charge in [0.1, 0.15) is 5.69 Å². The largest absolute Gasteiger partial charge is 0.481 e. The maximum atomic E-state index is 12.2. The van der Waals surface area contributed by atoms with Crippen LogP contribution in [0.15, 0.2) is 30.5 Å². The molecule has 0 aliphatic rings. The summed E-state index contributed by atoms with van der Waals surface area (Å²) in [5.74, 6) is -1.38. The quantitative estimate of drug-likeness (QED) is 0.884. The Hall–Kier alpha value is -2.05. The number of carboxylic acids is 1. The van der Waals surface area contributed by atoms with Gasteiger partial charge in [-0.05, 0) is 24.3 Å². The first-order valence-electron chi connectivity index (χ1n) is 5.97. The fourth-order valence-corrected chi connectivity index (χ4v) is 2.25. The van der Waals surface area contributed by atoms with Crippen LogP contribution < -0.4 is 5.32 Å². The summed E-state index contributed by atoms with van der Waals surface area (Å²) >= 11 is 11.7. The molecular weight excluding hydrogens is 317 g/mol. The van der Waals surface area contributed by atoms with Gasteiger partial charge in [0, 0.05) is 21.9 Å². The third kappa shape index (κ3) is 4.21. The van der Waals surface area contributed by atoms with Crippen molar-refractivity contribution in [2.45, 2.75) is 13.0 Å². The summed E-state index contributed by atoms with van der Waals surface area (Å²) in [6, 6.07) is 6.17. The fraction of sp³-hybridized carbons (Fsp3) is 0.154. The zero-order valence-corrected chi connectivity index (χ0v) is 12.2. The summed E-state index contributed by atoms with van der Waals surface area (Å²) in [4.78, 5) is 22.7. The van der Waals surface area contributed by atoms with Crippen molar-refractivity contribution < 1.29 is 14.7 Å². The van der Waals surface area contributed by atoms with E-state index < -0.39 is 11.9 Å².